The molecule has 0 aromatic heterocycles. The number of anilines is 1. The predicted molar refractivity (Wildman–Crippen MR) is 147 cm³/mol. The fourth-order valence-electron chi connectivity index (χ4n) is 5.28. The molecular formula is C31H40N2O5. The smallest absolute Gasteiger partial charge is 0.229 e. The van der Waals surface area contributed by atoms with Gasteiger partial charge in [-0.2, -0.15) is 0 Å². The number of benzene rings is 2. The largest absolute Gasteiger partial charge is 0.486 e. The molecular weight excluding hydrogens is 480 g/mol. The van der Waals surface area contributed by atoms with Gasteiger partial charge in [-0.15, -0.1) is 0 Å². The van der Waals surface area contributed by atoms with Crippen LogP contribution in [0.1, 0.15) is 95.2 Å². The number of carbonyl (C=O) groups excluding carboxylic acids is 3. The number of amides is 3. The van der Waals surface area contributed by atoms with Crippen LogP contribution in [0.3, 0.4) is 0 Å². The summed E-state index contributed by atoms with van der Waals surface area (Å²) in [6.45, 7) is 9.73. The second-order valence-corrected chi connectivity index (χ2v) is 11.3. The van der Waals surface area contributed by atoms with Gasteiger partial charge in [-0.25, -0.2) is 0 Å². The average molecular weight is 521 g/mol. The Morgan fingerprint density at radius 2 is 1.76 bits per heavy atom. The predicted octanol–water partition coefficient (Wildman–Crippen LogP) is 6.10. The maximum atomic E-state index is 13.5. The molecule has 2 aliphatic rings. The van der Waals surface area contributed by atoms with Crippen molar-refractivity contribution in [3.8, 4) is 11.5 Å². The molecule has 0 bridgehead atoms. The van der Waals surface area contributed by atoms with E-state index in [1.807, 2.05) is 36.4 Å². The molecule has 1 fully saturated rings. The Morgan fingerprint density at radius 1 is 1.03 bits per heavy atom. The Balaban J connectivity index is 1.57. The SMILES string of the molecule is CCCCCC(CC(=O)Nc1cc(CN2C(=O)CCC2=O)ccc1C(C)(C)C)c1cccc2c1OCCO2. The van der Waals surface area contributed by atoms with E-state index >= 15 is 0 Å². The standard InChI is InChI=1S/C31H40N2O5/c1-5-6-7-9-22(23-10-8-11-26-30(23)38-17-16-37-26)19-27(34)32-25-18-21(12-13-24(25)31(2,3)4)20-33-28(35)14-15-29(33)36/h8,10-13,18,22H,5-7,9,14-17,19-20H2,1-4H3,(H,32,34). The molecule has 7 nitrogen and oxygen atoms in total. The topological polar surface area (TPSA) is 84.9 Å². The highest BCUT2D eigenvalue weighted by Crippen LogP contribution is 2.41. The summed E-state index contributed by atoms with van der Waals surface area (Å²) in [4.78, 5) is 39.2. The number of rotatable bonds is 10. The Morgan fingerprint density at radius 3 is 2.47 bits per heavy atom. The number of carbonyl (C=O) groups is 3. The van der Waals surface area contributed by atoms with Crippen LogP contribution in [0.15, 0.2) is 36.4 Å². The number of fused-ring (bicyclic) bond motifs is 1. The van der Waals surface area contributed by atoms with Gasteiger partial charge in [-0.3, -0.25) is 19.3 Å². The van der Waals surface area contributed by atoms with E-state index in [1.165, 1.54) is 4.90 Å². The third-order valence-electron chi connectivity index (χ3n) is 7.29. The molecule has 2 aromatic carbocycles. The monoisotopic (exact) mass is 520 g/mol. The first-order valence-electron chi connectivity index (χ1n) is 13.8. The Bertz CT molecular complexity index is 1170. The lowest BCUT2D eigenvalue weighted by atomic mass is 9.84. The van der Waals surface area contributed by atoms with Crippen LogP contribution < -0.4 is 14.8 Å². The van der Waals surface area contributed by atoms with E-state index < -0.39 is 0 Å². The van der Waals surface area contributed by atoms with E-state index in [9.17, 15) is 14.4 Å². The highest BCUT2D eigenvalue weighted by atomic mass is 16.6. The normalized spacial score (nSPS) is 16.1. The summed E-state index contributed by atoms with van der Waals surface area (Å²) in [6.07, 6.45) is 4.97. The first kappa shape index (κ1) is 27.7. The molecule has 0 aliphatic carbocycles. The fraction of sp³-hybridized carbons (Fsp3) is 0.516. The molecule has 1 unspecified atom stereocenters. The van der Waals surface area contributed by atoms with Gasteiger partial charge >= 0.3 is 0 Å². The fourth-order valence-corrected chi connectivity index (χ4v) is 5.28. The van der Waals surface area contributed by atoms with Crippen LogP contribution in [0.2, 0.25) is 0 Å². The Hall–Kier alpha value is -3.35. The summed E-state index contributed by atoms with van der Waals surface area (Å²) in [5.41, 5.74) is 3.36. The molecule has 2 heterocycles. The number of hydrogen-bond acceptors (Lipinski definition) is 5. The van der Waals surface area contributed by atoms with Crippen LogP contribution in [-0.4, -0.2) is 35.8 Å². The van der Waals surface area contributed by atoms with Gasteiger partial charge < -0.3 is 14.8 Å². The summed E-state index contributed by atoms with van der Waals surface area (Å²) < 4.78 is 11.8. The minimum Gasteiger partial charge on any atom is -0.486 e. The van der Waals surface area contributed by atoms with Crippen molar-refractivity contribution >= 4 is 23.4 Å². The molecule has 3 amide bonds. The quantitative estimate of drug-likeness (QED) is 0.302. The minimum absolute atomic E-state index is 0.000637. The van der Waals surface area contributed by atoms with Crippen molar-refractivity contribution in [2.24, 2.45) is 0 Å². The van der Waals surface area contributed by atoms with Crippen molar-refractivity contribution in [3.63, 3.8) is 0 Å². The lowest BCUT2D eigenvalue weighted by Gasteiger charge is -2.27. The first-order valence-corrected chi connectivity index (χ1v) is 13.8. The molecule has 2 aliphatic heterocycles. The van der Waals surface area contributed by atoms with Crippen molar-refractivity contribution in [2.45, 2.75) is 90.5 Å². The van der Waals surface area contributed by atoms with Crippen molar-refractivity contribution in [3.05, 3.63) is 53.1 Å². The summed E-state index contributed by atoms with van der Waals surface area (Å²) in [7, 11) is 0. The lowest BCUT2D eigenvalue weighted by molar-refractivity contribution is -0.139. The van der Waals surface area contributed by atoms with Gasteiger partial charge in [0.1, 0.15) is 13.2 Å². The van der Waals surface area contributed by atoms with Crippen molar-refractivity contribution in [1.29, 1.82) is 0 Å². The zero-order valence-electron chi connectivity index (χ0n) is 23.1. The van der Waals surface area contributed by atoms with Gasteiger partial charge in [0.05, 0.1) is 6.54 Å². The minimum atomic E-state index is -0.204. The van der Waals surface area contributed by atoms with Gasteiger partial charge in [-0.1, -0.05) is 71.2 Å². The number of likely N-dealkylation sites (tertiary alicyclic amines) is 1. The Kier molecular flexibility index (Phi) is 8.75. The number of nitrogens with zero attached hydrogens (tertiary/aromatic N) is 1. The summed E-state index contributed by atoms with van der Waals surface area (Å²) >= 11 is 0. The van der Waals surface area contributed by atoms with E-state index in [0.29, 0.717) is 19.6 Å². The molecule has 0 spiro atoms. The van der Waals surface area contributed by atoms with Gasteiger partial charge in [-0.05, 0) is 41.0 Å². The van der Waals surface area contributed by atoms with Crippen molar-refractivity contribution in [1.82, 2.24) is 4.90 Å². The highest BCUT2D eigenvalue weighted by molar-refractivity contribution is 6.01. The number of nitrogens with one attached hydrogen (secondary N) is 1. The average Bonchev–Trinajstić information content (AvgIpc) is 3.19. The third-order valence-corrected chi connectivity index (χ3v) is 7.29. The maximum absolute atomic E-state index is 13.5. The van der Waals surface area contributed by atoms with Crippen LogP contribution in [0.5, 0.6) is 11.5 Å². The second kappa shape index (κ2) is 12.0. The van der Waals surface area contributed by atoms with E-state index in [2.05, 4.69) is 33.0 Å². The number of hydrogen-bond donors (Lipinski definition) is 1. The summed E-state index contributed by atoms with van der Waals surface area (Å²) in [6, 6.07) is 11.8. The summed E-state index contributed by atoms with van der Waals surface area (Å²) in [5, 5.41) is 3.18. The summed E-state index contributed by atoms with van der Waals surface area (Å²) in [5.74, 6) is 1.13. The number of para-hydroxylation sites is 1. The van der Waals surface area contributed by atoms with E-state index in [0.717, 1.165) is 59.6 Å². The molecule has 0 saturated carbocycles. The van der Waals surface area contributed by atoms with Crippen LogP contribution in [-0.2, 0) is 26.3 Å². The second-order valence-electron chi connectivity index (χ2n) is 11.3. The van der Waals surface area contributed by atoms with Gasteiger partial charge in [0, 0.05) is 30.5 Å². The number of imide groups is 1. The molecule has 204 valence electrons. The molecule has 1 atom stereocenters. The first-order chi connectivity index (χ1) is 18.2. The van der Waals surface area contributed by atoms with Gasteiger partial charge in [0.25, 0.3) is 0 Å². The zero-order chi connectivity index (χ0) is 27.3. The van der Waals surface area contributed by atoms with Gasteiger partial charge in [0.15, 0.2) is 11.5 Å². The third kappa shape index (κ3) is 6.55. The van der Waals surface area contributed by atoms with Crippen molar-refractivity contribution < 1.29 is 23.9 Å². The van der Waals surface area contributed by atoms with Crippen LogP contribution in [0.4, 0.5) is 5.69 Å². The van der Waals surface area contributed by atoms with Crippen LogP contribution in [0, 0.1) is 0 Å². The van der Waals surface area contributed by atoms with Gasteiger partial charge in [0.2, 0.25) is 17.7 Å². The van der Waals surface area contributed by atoms with Crippen molar-refractivity contribution in [2.75, 3.05) is 18.5 Å². The highest BCUT2D eigenvalue weighted by Gasteiger charge is 2.30. The molecule has 4 rings (SSSR count). The van der Waals surface area contributed by atoms with E-state index in [1.54, 1.807) is 0 Å². The number of ether oxygens (including phenoxy) is 2. The lowest BCUT2D eigenvalue weighted by Crippen LogP contribution is -2.28. The molecule has 2 aromatic rings. The zero-order valence-corrected chi connectivity index (χ0v) is 23.1. The Labute approximate surface area is 225 Å². The van der Waals surface area contributed by atoms with E-state index in [-0.39, 0.29) is 48.4 Å². The van der Waals surface area contributed by atoms with Crippen LogP contribution >= 0.6 is 0 Å². The molecule has 1 saturated heterocycles. The molecule has 7 heteroatoms. The molecule has 0 radical (unpaired) electrons. The maximum Gasteiger partial charge on any atom is 0.229 e. The van der Waals surface area contributed by atoms with E-state index in [4.69, 9.17) is 9.47 Å². The van der Waals surface area contributed by atoms with Crippen LogP contribution in [0.25, 0.3) is 0 Å². The molecule has 38 heavy (non-hydrogen) atoms. The molecule has 1 N–H and O–H groups in total. The number of unbranched alkanes of at least 4 members (excludes halogenated alkanes) is 2.